The molecule has 2 aromatic carbocycles. The van der Waals surface area contributed by atoms with Crippen LogP contribution in [0.25, 0.3) is 0 Å². The topological polar surface area (TPSA) is 65.4 Å². The number of halogens is 1. The lowest BCUT2D eigenvalue weighted by Gasteiger charge is -2.38. The van der Waals surface area contributed by atoms with Crippen LogP contribution in [0.3, 0.4) is 0 Å². The van der Waals surface area contributed by atoms with E-state index in [1.165, 1.54) is 0 Å². The number of rotatable bonds is 3. The Morgan fingerprint density at radius 3 is 2.34 bits per heavy atom. The first kappa shape index (κ1) is 21.1. The molecule has 0 unspecified atom stereocenters. The van der Waals surface area contributed by atoms with Gasteiger partial charge in [0, 0.05) is 32.7 Å². The average molecular weight is 416 g/mol. The molecule has 0 radical (unpaired) electrons. The molecule has 4 rings (SSSR count). The molecule has 2 heterocycles. The average Bonchev–Trinajstić information content (AvgIpc) is 2.85. The van der Waals surface area contributed by atoms with Gasteiger partial charge in [-0.3, -0.25) is 9.69 Å². The number of benzene rings is 2. The molecule has 2 aromatic rings. The Morgan fingerprint density at radius 1 is 1.03 bits per heavy atom. The van der Waals surface area contributed by atoms with E-state index in [1.807, 2.05) is 48.5 Å². The largest absolute Gasteiger partial charge is 0.481 e. The maximum Gasteiger partial charge on any atom is 0.310 e. The maximum absolute atomic E-state index is 11.4. The number of ether oxygens (including phenoxy) is 1. The zero-order valence-electron chi connectivity index (χ0n) is 16.7. The number of hydrogen-bond donors (Lipinski definition) is 1. The highest BCUT2D eigenvalue weighted by Gasteiger charge is 2.32. The summed E-state index contributed by atoms with van der Waals surface area (Å²) in [5.74, 6) is 1.72. The second kappa shape index (κ2) is 8.43. The summed E-state index contributed by atoms with van der Waals surface area (Å²) < 4.78 is 6.12. The molecular formula is C22H26ClN3O3. The number of amidine groups is 1. The number of fused-ring (bicyclic) bond motifs is 2. The van der Waals surface area contributed by atoms with Crippen LogP contribution in [0.15, 0.2) is 53.5 Å². The van der Waals surface area contributed by atoms with Gasteiger partial charge in [0.1, 0.15) is 17.3 Å². The third-order valence-corrected chi connectivity index (χ3v) is 5.31. The maximum atomic E-state index is 11.4. The van der Waals surface area contributed by atoms with Crippen LogP contribution in [0.5, 0.6) is 11.5 Å². The molecule has 0 aromatic heterocycles. The van der Waals surface area contributed by atoms with Gasteiger partial charge in [-0.25, -0.2) is 4.99 Å². The van der Waals surface area contributed by atoms with Crippen molar-refractivity contribution < 1.29 is 14.6 Å². The minimum absolute atomic E-state index is 0. The molecule has 6 nitrogen and oxygen atoms in total. The quantitative estimate of drug-likeness (QED) is 0.820. The number of aliphatic carboxylic acids is 1. The van der Waals surface area contributed by atoms with Crippen molar-refractivity contribution in [2.75, 3.05) is 32.7 Å². The van der Waals surface area contributed by atoms with Crippen LogP contribution in [0.1, 0.15) is 19.4 Å². The summed E-state index contributed by atoms with van der Waals surface area (Å²) in [5.41, 5.74) is 1.06. The van der Waals surface area contributed by atoms with Gasteiger partial charge in [0.2, 0.25) is 0 Å². The standard InChI is InChI=1S/C22H25N3O3.ClH/c1-22(2,21(26)27)15-24-11-13-25(14-12-24)20-16-7-3-5-9-18(16)28-19-10-6-4-8-17(19)23-20;/h3-10H,11-15H2,1-2H3,(H,26,27);1H. The Morgan fingerprint density at radius 2 is 1.66 bits per heavy atom. The molecule has 2 aliphatic heterocycles. The van der Waals surface area contributed by atoms with Gasteiger partial charge in [-0.05, 0) is 38.1 Å². The lowest BCUT2D eigenvalue weighted by atomic mass is 9.93. The third kappa shape index (κ3) is 4.38. The van der Waals surface area contributed by atoms with Gasteiger partial charge >= 0.3 is 5.97 Å². The Balaban J connectivity index is 0.00000240. The van der Waals surface area contributed by atoms with Crippen LogP contribution >= 0.6 is 12.4 Å². The van der Waals surface area contributed by atoms with Crippen molar-refractivity contribution in [3.63, 3.8) is 0 Å². The highest BCUT2D eigenvalue weighted by molar-refractivity contribution is 6.03. The van der Waals surface area contributed by atoms with Crippen LogP contribution in [-0.2, 0) is 4.79 Å². The highest BCUT2D eigenvalue weighted by Crippen LogP contribution is 2.37. The van der Waals surface area contributed by atoms with Crippen molar-refractivity contribution in [2.24, 2.45) is 10.4 Å². The lowest BCUT2D eigenvalue weighted by Crippen LogP contribution is -2.52. The smallest absolute Gasteiger partial charge is 0.310 e. The van der Waals surface area contributed by atoms with Crippen molar-refractivity contribution in [3.8, 4) is 11.5 Å². The zero-order chi connectivity index (χ0) is 19.7. The van der Waals surface area contributed by atoms with E-state index in [-0.39, 0.29) is 12.4 Å². The molecule has 0 bridgehead atoms. The first-order valence-corrected chi connectivity index (χ1v) is 9.60. The van der Waals surface area contributed by atoms with Crippen LogP contribution in [0.2, 0.25) is 0 Å². The number of hydrogen-bond acceptors (Lipinski definition) is 5. The number of carboxylic acids is 1. The Bertz CT molecular complexity index is 921. The molecule has 0 atom stereocenters. The molecule has 1 N–H and O–H groups in total. The lowest BCUT2D eigenvalue weighted by molar-refractivity contribution is -0.148. The van der Waals surface area contributed by atoms with Gasteiger partial charge in [-0.1, -0.05) is 24.3 Å². The van der Waals surface area contributed by atoms with Gasteiger partial charge in [-0.15, -0.1) is 12.4 Å². The Hall–Kier alpha value is -2.57. The van der Waals surface area contributed by atoms with E-state index >= 15 is 0 Å². The van der Waals surface area contributed by atoms with E-state index in [0.29, 0.717) is 6.54 Å². The van der Waals surface area contributed by atoms with Crippen molar-refractivity contribution in [2.45, 2.75) is 13.8 Å². The molecule has 0 amide bonds. The van der Waals surface area contributed by atoms with Crippen molar-refractivity contribution in [1.82, 2.24) is 9.80 Å². The van der Waals surface area contributed by atoms with Gasteiger partial charge in [0.05, 0.1) is 11.0 Å². The number of carboxylic acid groups (broad SMARTS) is 1. The monoisotopic (exact) mass is 415 g/mol. The number of para-hydroxylation sites is 3. The molecular weight excluding hydrogens is 390 g/mol. The van der Waals surface area contributed by atoms with Gasteiger partial charge in [0.25, 0.3) is 0 Å². The van der Waals surface area contributed by atoms with E-state index < -0.39 is 11.4 Å². The Kier molecular flexibility index (Phi) is 6.15. The fourth-order valence-electron chi connectivity index (χ4n) is 3.65. The summed E-state index contributed by atoms with van der Waals surface area (Å²) in [6.45, 7) is 7.31. The number of nitrogens with zero attached hydrogens (tertiary/aromatic N) is 3. The fraction of sp³-hybridized carbons (Fsp3) is 0.364. The first-order valence-electron chi connectivity index (χ1n) is 9.60. The fourth-order valence-corrected chi connectivity index (χ4v) is 3.65. The molecule has 0 aliphatic carbocycles. The molecule has 0 spiro atoms. The van der Waals surface area contributed by atoms with Crippen molar-refractivity contribution in [3.05, 3.63) is 54.1 Å². The Labute approximate surface area is 177 Å². The number of carbonyl (C=O) groups is 1. The second-order valence-corrected chi connectivity index (χ2v) is 7.95. The van der Waals surface area contributed by atoms with Gasteiger partial charge in [-0.2, -0.15) is 0 Å². The van der Waals surface area contributed by atoms with Crippen LogP contribution in [0, 0.1) is 5.41 Å². The minimum Gasteiger partial charge on any atom is -0.481 e. The summed E-state index contributed by atoms with van der Waals surface area (Å²) in [6.07, 6.45) is 0. The zero-order valence-corrected chi connectivity index (χ0v) is 17.5. The number of piperazine rings is 1. The number of aliphatic imine (C=N–C) groups is 1. The normalized spacial score (nSPS) is 16.5. The van der Waals surface area contributed by atoms with Crippen molar-refractivity contribution in [1.29, 1.82) is 0 Å². The van der Waals surface area contributed by atoms with E-state index in [2.05, 4.69) is 9.80 Å². The van der Waals surface area contributed by atoms with E-state index in [4.69, 9.17) is 9.73 Å². The van der Waals surface area contributed by atoms with Gasteiger partial charge < -0.3 is 14.7 Å². The molecule has 154 valence electrons. The molecule has 1 saturated heterocycles. The summed E-state index contributed by atoms with van der Waals surface area (Å²) in [7, 11) is 0. The third-order valence-electron chi connectivity index (χ3n) is 5.31. The van der Waals surface area contributed by atoms with Crippen LogP contribution < -0.4 is 4.74 Å². The molecule has 29 heavy (non-hydrogen) atoms. The first-order chi connectivity index (χ1) is 13.4. The van der Waals surface area contributed by atoms with Crippen LogP contribution in [0.4, 0.5) is 5.69 Å². The predicted octanol–water partition coefficient (Wildman–Crippen LogP) is 4.02. The summed E-state index contributed by atoms with van der Waals surface area (Å²) in [4.78, 5) is 20.9. The highest BCUT2D eigenvalue weighted by atomic mass is 35.5. The molecule has 0 saturated carbocycles. The minimum atomic E-state index is -0.759. The predicted molar refractivity (Wildman–Crippen MR) is 116 cm³/mol. The van der Waals surface area contributed by atoms with Crippen molar-refractivity contribution >= 4 is 29.9 Å². The molecule has 1 fully saturated rings. The van der Waals surface area contributed by atoms with E-state index in [9.17, 15) is 9.90 Å². The summed E-state index contributed by atoms with van der Waals surface area (Å²) in [6, 6.07) is 15.8. The second-order valence-electron chi connectivity index (χ2n) is 7.95. The summed E-state index contributed by atoms with van der Waals surface area (Å²) in [5, 5.41) is 9.39. The summed E-state index contributed by atoms with van der Waals surface area (Å²) >= 11 is 0. The van der Waals surface area contributed by atoms with E-state index in [1.54, 1.807) is 13.8 Å². The van der Waals surface area contributed by atoms with E-state index in [0.717, 1.165) is 54.8 Å². The SMILES string of the molecule is CC(C)(CN1CCN(C2=Nc3ccccc3Oc3ccccc32)CC1)C(=O)O.Cl. The van der Waals surface area contributed by atoms with Gasteiger partial charge in [0.15, 0.2) is 5.75 Å². The molecule has 7 heteroatoms. The van der Waals surface area contributed by atoms with Crippen LogP contribution in [-0.4, -0.2) is 59.4 Å². The molecule has 2 aliphatic rings.